The first-order valence-electron chi connectivity index (χ1n) is 8.67. The Morgan fingerprint density at radius 1 is 1.43 bits per heavy atom. The molecule has 124 valence electrons. The van der Waals surface area contributed by atoms with Gasteiger partial charge in [0.25, 0.3) is 0 Å². The lowest BCUT2D eigenvalue weighted by Gasteiger charge is -2.38. The Labute approximate surface area is 133 Å². The third kappa shape index (κ3) is 4.98. The largest absolute Gasteiger partial charge is 0.386 e. The smallest absolute Gasteiger partial charge is 0.0834 e. The maximum Gasteiger partial charge on any atom is 0.0834 e. The summed E-state index contributed by atoms with van der Waals surface area (Å²) in [7, 11) is 0. The van der Waals surface area contributed by atoms with E-state index in [2.05, 4.69) is 53.7 Å². The molecule has 0 fully saturated rings. The van der Waals surface area contributed by atoms with Gasteiger partial charge in [-0.25, -0.2) is 0 Å². The zero-order valence-corrected chi connectivity index (χ0v) is 15.9. The Morgan fingerprint density at radius 2 is 1.95 bits per heavy atom. The average molecular weight is 295 g/mol. The number of allylic oxidation sites excluding steroid dienone is 3. The molecular formula is C20H38O. The van der Waals surface area contributed by atoms with Crippen molar-refractivity contribution in [3.63, 3.8) is 0 Å². The fourth-order valence-electron chi connectivity index (χ4n) is 3.25. The van der Waals surface area contributed by atoms with Crippen molar-refractivity contribution in [3.05, 3.63) is 23.3 Å². The predicted octanol–water partition coefficient (Wildman–Crippen LogP) is 6.14. The molecule has 0 aliphatic heterocycles. The molecule has 1 heteroatoms. The van der Waals surface area contributed by atoms with E-state index >= 15 is 0 Å². The summed E-state index contributed by atoms with van der Waals surface area (Å²) in [6.45, 7) is 19.5. The molecule has 0 aromatic rings. The van der Waals surface area contributed by atoms with Crippen LogP contribution in [0.25, 0.3) is 0 Å². The third-order valence-electron chi connectivity index (χ3n) is 5.34. The topological polar surface area (TPSA) is 20.2 Å². The van der Waals surface area contributed by atoms with Crippen LogP contribution < -0.4 is 0 Å². The van der Waals surface area contributed by atoms with E-state index in [0.717, 1.165) is 19.3 Å². The molecule has 1 nitrogen and oxygen atoms in total. The van der Waals surface area contributed by atoms with Gasteiger partial charge in [0.1, 0.15) is 0 Å². The van der Waals surface area contributed by atoms with E-state index in [1.54, 1.807) is 0 Å². The van der Waals surface area contributed by atoms with Crippen molar-refractivity contribution in [2.24, 2.45) is 17.3 Å². The monoisotopic (exact) mass is 294 g/mol. The lowest BCUT2D eigenvalue weighted by molar-refractivity contribution is 0.0632. The van der Waals surface area contributed by atoms with Crippen LogP contribution in [-0.2, 0) is 0 Å². The van der Waals surface area contributed by atoms with Crippen LogP contribution in [0.15, 0.2) is 23.3 Å². The lowest BCUT2D eigenvalue weighted by atomic mass is 9.68. The van der Waals surface area contributed by atoms with E-state index in [1.165, 1.54) is 11.1 Å². The summed E-state index contributed by atoms with van der Waals surface area (Å²) >= 11 is 0. The SMILES string of the molecule is CC.CC(C)=CCCC(C)(O)C1=CCC(C)(C(C)C)C1C. The van der Waals surface area contributed by atoms with Crippen LogP contribution in [0.5, 0.6) is 0 Å². The first-order chi connectivity index (χ1) is 9.61. The molecule has 0 aromatic heterocycles. The van der Waals surface area contributed by atoms with Crippen LogP contribution in [0.3, 0.4) is 0 Å². The van der Waals surface area contributed by atoms with Gasteiger partial charge in [0.05, 0.1) is 5.60 Å². The molecule has 0 aromatic carbocycles. The lowest BCUT2D eigenvalue weighted by Crippen LogP contribution is -2.35. The van der Waals surface area contributed by atoms with Crippen LogP contribution in [-0.4, -0.2) is 10.7 Å². The molecule has 0 radical (unpaired) electrons. The normalized spacial score (nSPS) is 27.6. The minimum atomic E-state index is -0.655. The second kappa shape index (κ2) is 8.17. The Hall–Kier alpha value is -0.560. The highest BCUT2D eigenvalue weighted by molar-refractivity contribution is 5.27. The highest BCUT2D eigenvalue weighted by atomic mass is 16.3. The van der Waals surface area contributed by atoms with Crippen molar-refractivity contribution >= 4 is 0 Å². The van der Waals surface area contributed by atoms with Gasteiger partial charge in [-0.2, -0.15) is 0 Å². The second-order valence-corrected chi connectivity index (χ2v) is 7.34. The third-order valence-corrected chi connectivity index (χ3v) is 5.34. The van der Waals surface area contributed by atoms with E-state index in [4.69, 9.17) is 0 Å². The molecule has 1 rings (SSSR count). The van der Waals surface area contributed by atoms with Crippen LogP contribution in [0.4, 0.5) is 0 Å². The van der Waals surface area contributed by atoms with Crippen molar-refractivity contribution in [1.82, 2.24) is 0 Å². The summed E-state index contributed by atoms with van der Waals surface area (Å²) in [5.74, 6) is 1.11. The van der Waals surface area contributed by atoms with Gasteiger partial charge >= 0.3 is 0 Å². The molecule has 1 aliphatic carbocycles. The number of rotatable bonds is 5. The summed E-state index contributed by atoms with van der Waals surface area (Å²) in [4.78, 5) is 0. The Bertz CT molecular complexity index is 369. The molecule has 0 saturated heterocycles. The minimum Gasteiger partial charge on any atom is -0.386 e. The van der Waals surface area contributed by atoms with Gasteiger partial charge in [0.2, 0.25) is 0 Å². The standard InChI is InChI=1S/C18H32O.C2H6/c1-13(2)9-8-11-18(7,19)16-10-12-17(6,14(3)4)15(16)5;1-2/h9-10,14-15,19H,8,11-12H2,1-7H3;1-2H3. The molecule has 1 aliphatic rings. The Morgan fingerprint density at radius 3 is 2.33 bits per heavy atom. The highest BCUT2D eigenvalue weighted by Gasteiger charge is 2.44. The first kappa shape index (κ1) is 20.4. The molecule has 3 unspecified atom stereocenters. The molecule has 1 N–H and O–H groups in total. The summed E-state index contributed by atoms with van der Waals surface area (Å²) in [6, 6.07) is 0. The maximum atomic E-state index is 10.8. The summed E-state index contributed by atoms with van der Waals surface area (Å²) < 4.78 is 0. The second-order valence-electron chi connectivity index (χ2n) is 7.34. The minimum absolute atomic E-state index is 0.301. The number of hydrogen-bond acceptors (Lipinski definition) is 1. The van der Waals surface area contributed by atoms with E-state index in [1.807, 2.05) is 20.8 Å². The van der Waals surface area contributed by atoms with Crippen molar-refractivity contribution in [2.45, 2.75) is 87.2 Å². The molecule has 0 amide bonds. The van der Waals surface area contributed by atoms with Gasteiger partial charge in [0.15, 0.2) is 0 Å². The number of hydrogen-bond donors (Lipinski definition) is 1. The van der Waals surface area contributed by atoms with Crippen LogP contribution in [0.1, 0.15) is 81.6 Å². The molecule has 0 heterocycles. The highest BCUT2D eigenvalue weighted by Crippen LogP contribution is 2.51. The van der Waals surface area contributed by atoms with Crippen molar-refractivity contribution in [2.75, 3.05) is 0 Å². The van der Waals surface area contributed by atoms with Crippen molar-refractivity contribution < 1.29 is 5.11 Å². The van der Waals surface area contributed by atoms with Crippen LogP contribution >= 0.6 is 0 Å². The van der Waals surface area contributed by atoms with Gasteiger partial charge in [-0.15, -0.1) is 0 Å². The molecule has 0 bridgehead atoms. The zero-order chi connectivity index (χ0) is 16.8. The quantitative estimate of drug-likeness (QED) is 0.604. The van der Waals surface area contributed by atoms with Crippen molar-refractivity contribution in [1.29, 1.82) is 0 Å². The van der Waals surface area contributed by atoms with Crippen LogP contribution in [0, 0.1) is 17.3 Å². The Balaban J connectivity index is 0.00000191. The zero-order valence-electron chi connectivity index (χ0n) is 15.9. The Kier molecular flexibility index (Phi) is 7.95. The summed E-state index contributed by atoms with van der Waals surface area (Å²) in [5.41, 5.74) is 2.23. The van der Waals surface area contributed by atoms with Gasteiger partial charge in [-0.3, -0.25) is 0 Å². The van der Waals surface area contributed by atoms with Crippen LogP contribution in [0.2, 0.25) is 0 Å². The fraction of sp³-hybridized carbons (Fsp3) is 0.800. The van der Waals surface area contributed by atoms with Gasteiger partial charge < -0.3 is 5.11 Å². The fourth-order valence-corrected chi connectivity index (χ4v) is 3.25. The number of aliphatic hydroxyl groups is 1. The van der Waals surface area contributed by atoms with Crippen molar-refractivity contribution in [3.8, 4) is 0 Å². The average Bonchev–Trinajstić information content (AvgIpc) is 2.70. The molecular weight excluding hydrogens is 256 g/mol. The van der Waals surface area contributed by atoms with E-state index in [-0.39, 0.29) is 0 Å². The molecule has 3 atom stereocenters. The molecule has 0 saturated carbocycles. The summed E-state index contributed by atoms with van der Waals surface area (Å²) in [6.07, 6.45) is 7.39. The maximum absolute atomic E-state index is 10.8. The summed E-state index contributed by atoms with van der Waals surface area (Å²) in [5, 5.41) is 10.8. The van der Waals surface area contributed by atoms with Gasteiger partial charge in [-0.1, -0.05) is 59.3 Å². The molecule has 0 spiro atoms. The van der Waals surface area contributed by atoms with E-state index < -0.39 is 5.60 Å². The predicted molar refractivity (Wildman–Crippen MR) is 95.4 cm³/mol. The van der Waals surface area contributed by atoms with E-state index in [9.17, 15) is 5.11 Å². The first-order valence-corrected chi connectivity index (χ1v) is 8.67. The van der Waals surface area contributed by atoms with Gasteiger partial charge in [0, 0.05) is 0 Å². The van der Waals surface area contributed by atoms with E-state index in [0.29, 0.717) is 17.3 Å². The molecule has 21 heavy (non-hydrogen) atoms. The van der Waals surface area contributed by atoms with Gasteiger partial charge in [-0.05, 0) is 62.9 Å².